The zero-order chi connectivity index (χ0) is 10.2. The van der Waals surface area contributed by atoms with Crippen molar-refractivity contribution in [2.75, 3.05) is 0 Å². The smallest absolute Gasteiger partial charge is 0.161 e. The number of carbonyl (C=O) groups is 1. The summed E-state index contributed by atoms with van der Waals surface area (Å²) in [6.07, 6.45) is 6.97. The predicted octanol–water partition coefficient (Wildman–Crippen LogP) is 3.05. The van der Waals surface area contributed by atoms with Gasteiger partial charge < -0.3 is 4.42 Å². The number of hydrogen-bond donors (Lipinski definition) is 0. The maximum atomic E-state index is 11.7. The van der Waals surface area contributed by atoms with Crippen LogP contribution in [0.4, 0.5) is 0 Å². The molecule has 0 saturated carbocycles. The molecule has 1 aromatic rings. The molecular formula is C12H14O2. The minimum Gasteiger partial charge on any atom is -0.472 e. The highest BCUT2D eigenvalue weighted by Gasteiger charge is 2.30. The van der Waals surface area contributed by atoms with E-state index in [9.17, 15) is 4.79 Å². The fraction of sp³-hybridized carbons (Fsp3) is 0.417. The number of ketones is 1. The minimum absolute atomic E-state index is 0.187. The first kappa shape index (κ1) is 9.25. The Morgan fingerprint density at radius 3 is 2.79 bits per heavy atom. The van der Waals surface area contributed by atoms with Gasteiger partial charge in [-0.15, -0.1) is 0 Å². The Labute approximate surface area is 83.6 Å². The maximum Gasteiger partial charge on any atom is 0.161 e. The van der Waals surface area contributed by atoms with E-state index >= 15 is 0 Å². The van der Waals surface area contributed by atoms with E-state index in [-0.39, 0.29) is 11.2 Å². The van der Waals surface area contributed by atoms with E-state index in [4.69, 9.17) is 4.42 Å². The molecule has 0 amide bonds. The van der Waals surface area contributed by atoms with Crippen molar-refractivity contribution in [2.45, 2.75) is 26.7 Å². The maximum absolute atomic E-state index is 11.7. The van der Waals surface area contributed by atoms with Crippen LogP contribution in [0.1, 0.15) is 32.3 Å². The van der Waals surface area contributed by atoms with Crippen molar-refractivity contribution in [3.8, 4) is 0 Å². The van der Waals surface area contributed by atoms with Gasteiger partial charge in [-0.25, -0.2) is 0 Å². The van der Waals surface area contributed by atoms with Crippen LogP contribution in [0.2, 0.25) is 0 Å². The summed E-state index contributed by atoms with van der Waals surface area (Å²) in [5, 5.41) is 0. The van der Waals surface area contributed by atoms with Gasteiger partial charge in [0.25, 0.3) is 0 Å². The Bertz CT molecular complexity index is 369. The zero-order valence-electron chi connectivity index (χ0n) is 8.54. The van der Waals surface area contributed by atoms with Gasteiger partial charge in [0.15, 0.2) is 5.78 Å². The third-order valence-corrected chi connectivity index (χ3v) is 2.88. The van der Waals surface area contributed by atoms with Gasteiger partial charge in [-0.05, 0) is 30.6 Å². The second-order valence-corrected chi connectivity index (χ2v) is 4.43. The molecule has 1 aliphatic rings. The Balaban J connectivity index is 2.30. The van der Waals surface area contributed by atoms with Crippen molar-refractivity contribution in [1.29, 1.82) is 0 Å². The molecule has 0 unspecified atom stereocenters. The molecule has 2 heteroatoms. The second kappa shape index (κ2) is 3.12. The van der Waals surface area contributed by atoms with Gasteiger partial charge in [0.1, 0.15) is 0 Å². The highest BCUT2D eigenvalue weighted by atomic mass is 16.3. The summed E-state index contributed by atoms with van der Waals surface area (Å²) >= 11 is 0. The van der Waals surface area contributed by atoms with Crippen molar-refractivity contribution in [1.82, 2.24) is 0 Å². The van der Waals surface area contributed by atoms with Crippen molar-refractivity contribution in [3.05, 3.63) is 30.2 Å². The highest BCUT2D eigenvalue weighted by Crippen LogP contribution is 2.35. The SMILES string of the molecule is CC1(C)CCC(c2ccoc2)=CC1=O. The van der Waals surface area contributed by atoms with Crippen LogP contribution < -0.4 is 0 Å². The lowest BCUT2D eigenvalue weighted by Crippen LogP contribution is -2.25. The molecule has 0 atom stereocenters. The molecule has 1 heterocycles. The molecule has 74 valence electrons. The van der Waals surface area contributed by atoms with E-state index in [1.165, 1.54) is 0 Å². The summed E-state index contributed by atoms with van der Waals surface area (Å²) in [7, 11) is 0. The topological polar surface area (TPSA) is 30.2 Å². The Hall–Kier alpha value is -1.31. The second-order valence-electron chi connectivity index (χ2n) is 4.43. The molecule has 0 bridgehead atoms. The molecule has 0 radical (unpaired) electrons. The third kappa shape index (κ3) is 1.52. The summed E-state index contributed by atoms with van der Waals surface area (Å²) in [5.74, 6) is 0.222. The van der Waals surface area contributed by atoms with Crippen LogP contribution in [0.15, 0.2) is 29.1 Å². The molecule has 1 aliphatic carbocycles. The third-order valence-electron chi connectivity index (χ3n) is 2.88. The molecule has 14 heavy (non-hydrogen) atoms. The van der Waals surface area contributed by atoms with Crippen LogP contribution in [0.25, 0.3) is 5.57 Å². The molecule has 2 nitrogen and oxygen atoms in total. The van der Waals surface area contributed by atoms with Crippen LogP contribution >= 0.6 is 0 Å². The van der Waals surface area contributed by atoms with Gasteiger partial charge in [-0.2, -0.15) is 0 Å². The van der Waals surface area contributed by atoms with Crippen molar-refractivity contribution >= 4 is 11.4 Å². The molecular weight excluding hydrogens is 176 g/mol. The van der Waals surface area contributed by atoms with Crippen molar-refractivity contribution in [3.63, 3.8) is 0 Å². The van der Waals surface area contributed by atoms with Gasteiger partial charge in [0.05, 0.1) is 12.5 Å². The normalized spacial score (nSPS) is 20.7. The monoisotopic (exact) mass is 190 g/mol. The van der Waals surface area contributed by atoms with E-state index in [0.29, 0.717) is 0 Å². The fourth-order valence-corrected chi connectivity index (χ4v) is 1.67. The van der Waals surface area contributed by atoms with Crippen molar-refractivity contribution < 1.29 is 9.21 Å². The molecule has 0 aromatic carbocycles. The standard InChI is InChI=1S/C12H14O2/c1-12(2)5-3-9(7-11(12)13)10-4-6-14-8-10/h4,6-8H,3,5H2,1-2H3. The minimum atomic E-state index is -0.187. The first-order valence-electron chi connectivity index (χ1n) is 4.87. The number of rotatable bonds is 1. The number of allylic oxidation sites excluding steroid dienone is 2. The summed E-state index contributed by atoms with van der Waals surface area (Å²) in [5.41, 5.74) is 1.95. The number of furan rings is 1. The average molecular weight is 190 g/mol. The summed E-state index contributed by atoms with van der Waals surface area (Å²) in [6.45, 7) is 4.00. The quantitative estimate of drug-likeness (QED) is 0.681. The largest absolute Gasteiger partial charge is 0.472 e. The fourth-order valence-electron chi connectivity index (χ4n) is 1.67. The lowest BCUT2D eigenvalue weighted by molar-refractivity contribution is -0.122. The molecule has 0 spiro atoms. The van der Waals surface area contributed by atoms with E-state index in [2.05, 4.69) is 0 Å². The first-order valence-corrected chi connectivity index (χ1v) is 4.87. The van der Waals surface area contributed by atoms with Gasteiger partial charge in [0.2, 0.25) is 0 Å². The highest BCUT2D eigenvalue weighted by molar-refractivity contribution is 6.01. The molecule has 0 saturated heterocycles. The lowest BCUT2D eigenvalue weighted by Gasteiger charge is -2.26. The van der Waals surface area contributed by atoms with Crippen LogP contribution in [-0.2, 0) is 4.79 Å². The van der Waals surface area contributed by atoms with Crippen LogP contribution in [0.3, 0.4) is 0 Å². The Morgan fingerprint density at radius 2 is 2.21 bits per heavy atom. The van der Waals surface area contributed by atoms with E-state index < -0.39 is 0 Å². The van der Waals surface area contributed by atoms with Crippen LogP contribution in [0.5, 0.6) is 0 Å². The summed E-state index contributed by atoms with van der Waals surface area (Å²) in [6, 6.07) is 1.90. The van der Waals surface area contributed by atoms with Crippen molar-refractivity contribution in [2.24, 2.45) is 5.41 Å². The number of hydrogen-bond acceptors (Lipinski definition) is 2. The predicted molar refractivity (Wildman–Crippen MR) is 54.7 cm³/mol. The van der Waals surface area contributed by atoms with Crippen LogP contribution in [-0.4, -0.2) is 5.78 Å². The van der Waals surface area contributed by atoms with Gasteiger partial charge >= 0.3 is 0 Å². The molecule has 0 aliphatic heterocycles. The average Bonchev–Trinajstić information content (AvgIpc) is 2.62. The summed E-state index contributed by atoms with van der Waals surface area (Å²) < 4.78 is 5.00. The molecule has 2 rings (SSSR count). The first-order chi connectivity index (χ1) is 6.59. The number of carbonyl (C=O) groups excluding carboxylic acids is 1. The van der Waals surface area contributed by atoms with Crippen LogP contribution in [0, 0.1) is 5.41 Å². The molecule has 0 fully saturated rings. The van der Waals surface area contributed by atoms with E-state index in [0.717, 1.165) is 24.0 Å². The molecule has 1 aromatic heterocycles. The lowest BCUT2D eigenvalue weighted by atomic mass is 9.76. The Morgan fingerprint density at radius 1 is 1.43 bits per heavy atom. The zero-order valence-corrected chi connectivity index (χ0v) is 8.54. The Kier molecular flexibility index (Phi) is 2.06. The molecule has 0 N–H and O–H groups in total. The van der Waals surface area contributed by atoms with Gasteiger partial charge in [-0.1, -0.05) is 13.8 Å². The van der Waals surface area contributed by atoms with E-state index in [1.54, 1.807) is 18.6 Å². The van der Waals surface area contributed by atoms with Gasteiger partial charge in [0, 0.05) is 11.0 Å². The van der Waals surface area contributed by atoms with Gasteiger partial charge in [-0.3, -0.25) is 4.79 Å². The van der Waals surface area contributed by atoms with E-state index in [1.807, 2.05) is 19.9 Å². The summed E-state index contributed by atoms with van der Waals surface area (Å²) in [4.78, 5) is 11.7.